The second-order valence-corrected chi connectivity index (χ2v) is 6.13. The first-order chi connectivity index (χ1) is 8.09. The van der Waals surface area contributed by atoms with Crippen LogP contribution in [-0.4, -0.2) is 4.98 Å². The molecule has 0 radical (unpaired) electrons. The second kappa shape index (κ2) is 5.36. The van der Waals surface area contributed by atoms with Gasteiger partial charge in [0.2, 0.25) is 0 Å². The van der Waals surface area contributed by atoms with Crippen LogP contribution in [0.4, 0.5) is 0 Å². The summed E-state index contributed by atoms with van der Waals surface area (Å²) in [5.41, 5.74) is 8.05. The molecule has 2 heterocycles. The first-order valence-electron chi connectivity index (χ1n) is 5.21. The summed E-state index contributed by atoms with van der Waals surface area (Å²) in [4.78, 5) is 4.31. The SMILES string of the molecule is CC(c1ccccn1)C(N)c1cc(Cl)sc1Cl. The van der Waals surface area contributed by atoms with E-state index in [1.165, 1.54) is 11.3 Å². The van der Waals surface area contributed by atoms with Crippen molar-refractivity contribution in [2.75, 3.05) is 0 Å². The maximum absolute atomic E-state index is 6.21. The number of pyridine rings is 1. The van der Waals surface area contributed by atoms with E-state index in [1.54, 1.807) is 6.20 Å². The van der Waals surface area contributed by atoms with E-state index in [1.807, 2.05) is 31.2 Å². The molecule has 2 atom stereocenters. The van der Waals surface area contributed by atoms with Crippen LogP contribution >= 0.6 is 34.5 Å². The van der Waals surface area contributed by atoms with Gasteiger partial charge in [0, 0.05) is 29.4 Å². The van der Waals surface area contributed by atoms with Gasteiger partial charge in [-0.3, -0.25) is 4.98 Å². The third-order valence-corrected chi connectivity index (χ3v) is 4.25. The van der Waals surface area contributed by atoms with Gasteiger partial charge in [0.05, 0.1) is 8.67 Å². The summed E-state index contributed by atoms with van der Waals surface area (Å²) in [5, 5.41) is 0. The van der Waals surface area contributed by atoms with Crippen LogP contribution in [0, 0.1) is 0 Å². The molecule has 5 heteroatoms. The normalized spacial score (nSPS) is 14.6. The predicted molar refractivity (Wildman–Crippen MR) is 73.9 cm³/mol. The van der Waals surface area contributed by atoms with Gasteiger partial charge in [0.15, 0.2) is 0 Å². The molecular formula is C12H12Cl2N2S. The number of aromatic nitrogens is 1. The van der Waals surface area contributed by atoms with E-state index >= 15 is 0 Å². The van der Waals surface area contributed by atoms with Crippen LogP contribution in [-0.2, 0) is 0 Å². The number of halogens is 2. The van der Waals surface area contributed by atoms with Crippen LogP contribution in [0.2, 0.25) is 8.67 Å². The number of hydrogen-bond acceptors (Lipinski definition) is 3. The van der Waals surface area contributed by atoms with Crippen molar-refractivity contribution < 1.29 is 0 Å². The van der Waals surface area contributed by atoms with Crippen LogP contribution in [0.1, 0.15) is 30.1 Å². The largest absolute Gasteiger partial charge is 0.323 e. The molecule has 2 nitrogen and oxygen atoms in total. The van der Waals surface area contributed by atoms with Crippen molar-refractivity contribution in [3.8, 4) is 0 Å². The molecule has 0 saturated heterocycles. The Bertz CT molecular complexity index is 498. The first-order valence-corrected chi connectivity index (χ1v) is 6.78. The van der Waals surface area contributed by atoms with Crippen molar-refractivity contribution in [2.45, 2.75) is 18.9 Å². The van der Waals surface area contributed by atoms with Crippen LogP contribution in [0.25, 0.3) is 0 Å². The molecule has 0 fully saturated rings. The number of hydrogen-bond donors (Lipinski definition) is 1. The Morgan fingerprint density at radius 2 is 2.12 bits per heavy atom. The van der Waals surface area contributed by atoms with Crippen molar-refractivity contribution in [3.05, 3.63) is 50.4 Å². The Kier molecular flexibility index (Phi) is 4.05. The summed E-state index contributed by atoms with van der Waals surface area (Å²) in [5.74, 6) is 0.0966. The van der Waals surface area contributed by atoms with Crippen LogP contribution < -0.4 is 5.73 Å². The molecule has 2 N–H and O–H groups in total. The van der Waals surface area contributed by atoms with Crippen LogP contribution in [0.3, 0.4) is 0 Å². The summed E-state index contributed by atoms with van der Waals surface area (Å²) >= 11 is 13.4. The van der Waals surface area contributed by atoms with Gasteiger partial charge in [-0.2, -0.15) is 0 Å². The lowest BCUT2D eigenvalue weighted by Gasteiger charge is -2.18. The van der Waals surface area contributed by atoms with Gasteiger partial charge in [-0.25, -0.2) is 0 Å². The Hall–Kier alpha value is -0.610. The zero-order valence-corrected chi connectivity index (χ0v) is 11.6. The quantitative estimate of drug-likeness (QED) is 0.916. The number of rotatable bonds is 3. The van der Waals surface area contributed by atoms with E-state index in [9.17, 15) is 0 Å². The van der Waals surface area contributed by atoms with Gasteiger partial charge in [0.1, 0.15) is 0 Å². The lowest BCUT2D eigenvalue weighted by molar-refractivity contribution is 0.585. The van der Waals surface area contributed by atoms with Crippen molar-refractivity contribution in [3.63, 3.8) is 0 Å². The Balaban J connectivity index is 2.26. The highest BCUT2D eigenvalue weighted by Gasteiger charge is 2.21. The van der Waals surface area contributed by atoms with E-state index < -0.39 is 0 Å². The van der Waals surface area contributed by atoms with Gasteiger partial charge in [-0.05, 0) is 18.2 Å². The molecule has 2 aromatic heterocycles. The summed E-state index contributed by atoms with van der Waals surface area (Å²) in [7, 11) is 0. The second-order valence-electron chi connectivity index (χ2n) is 3.85. The highest BCUT2D eigenvalue weighted by atomic mass is 35.5. The first kappa shape index (κ1) is 12.8. The van der Waals surface area contributed by atoms with E-state index in [0.29, 0.717) is 8.67 Å². The van der Waals surface area contributed by atoms with Gasteiger partial charge < -0.3 is 5.73 Å². The Labute approximate surface area is 114 Å². The average Bonchev–Trinajstić information content (AvgIpc) is 2.68. The van der Waals surface area contributed by atoms with Crippen molar-refractivity contribution in [2.24, 2.45) is 5.73 Å². The smallest absolute Gasteiger partial charge is 0.0992 e. The minimum atomic E-state index is -0.193. The molecular weight excluding hydrogens is 275 g/mol. The third kappa shape index (κ3) is 2.80. The average molecular weight is 287 g/mol. The Morgan fingerprint density at radius 3 is 2.65 bits per heavy atom. The fourth-order valence-electron chi connectivity index (χ4n) is 1.68. The summed E-state index contributed by atoms with van der Waals surface area (Å²) in [6, 6.07) is 7.44. The maximum atomic E-state index is 6.21. The molecule has 2 aromatic rings. The lowest BCUT2D eigenvalue weighted by atomic mass is 9.94. The summed E-state index contributed by atoms with van der Waals surface area (Å²) < 4.78 is 1.32. The summed E-state index contributed by atoms with van der Waals surface area (Å²) in [6.45, 7) is 2.04. The van der Waals surface area contributed by atoms with Crippen molar-refractivity contribution in [1.82, 2.24) is 4.98 Å². The monoisotopic (exact) mass is 286 g/mol. The van der Waals surface area contributed by atoms with Crippen LogP contribution in [0.15, 0.2) is 30.5 Å². The van der Waals surface area contributed by atoms with Gasteiger partial charge >= 0.3 is 0 Å². The highest BCUT2D eigenvalue weighted by Crippen LogP contribution is 2.38. The van der Waals surface area contributed by atoms with Gasteiger partial charge in [-0.15, -0.1) is 11.3 Å². The molecule has 0 bridgehead atoms. The molecule has 0 aliphatic heterocycles. The summed E-state index contributed by atoms with van der Waals surface area (Å²) in [6.07, 6.45) is 1.76. The molecule has 0 aromatic carbocycles. The molecule has 0 spiro atoms. The molecule has 0 saturated carbocycles. The van der Waals surface area contributed by atoms with Gasteiger partial charge in [-0.1, -0.05) is 36.2 Å². The predicted octanol–water partition coefficient (Wildman–Crippen LogP) is 4.25. The minimum Gasteiger partial charge on any atom is -0.323 e. The van der Waals surface area contributed by atoms with Crippen LogP contribution in [0.5, 0.6) is 0 Å². The third-order valence-electron chi connectivity index (χ3n) is 2.74. The van der Waals surface area contributed by atoms with E-state index in [4.69, 9.17) is 28.9 Å². The number of thiophene rings is 1. The van der Waals surface area contributed by atoms with E-state index in [0.717, 1.165) is 11.3 Å². The molecule has 0 aliphatic rings. The van der Waals surface area contributed by atoms with Gasteiger partial charge in [0.25, 0.3) is 0 Å². The van der Waals surface area contributed by atoms with Crippen molar-refractivity contribution >= 4 is 34.5 Å². The van der Waals surface area contributed by atoms with E-state index in [2.05, 4.69) is 4.98 Å². The number of nitrogens with zero attached hydrogens (tertiary/aromatic N) is 1. The fraction of sp³-hybridized carbons (Fsp3) is 0.250. The Morgan fingerprint density at radius 1 is 1.35 bits per heavy atom. The zero-order valence-electron chi connectivity index (χ0n) is 9.23. The maximum Gasteiger partial charge on any atom is 0.0992 e. The molecule has 2 unspecified atom stereocenters. The minimum absolute atomic E-state index is 0.0966. The van der Waals surface area contributed by atoms with Crippen molar-refractivity contribution in [1.29, 1.82) is 0 Å². The molecule has 0 amide bonds. The molecule has 2 rings (SSSR count). The number of nitrogens with two attached hydrogens (primary N) is 1. The molecule has 17 heavy (non-hydrogen) atoms. The molecule has 90 valence electrons. The zero-order chi connectivity index (χ0) is 12.4. The topological polar surface area (TPSA) is 38.9 Å². The molecule has 0 aliphatic carbocycles. The fourth-order valence-corrected chi connectivity index (χ4v) is 3.25. The standard InChI is InChI=1S/C12H12Cl2N2S/c1-7(9-4-2-3-5-16-9)11(15)8-6-10(13)17-12(8)14/h2-7,11H,15H2,1H3. The lowest BCUT2D eigenvalue weighted by Crippen LogP contribution is -2.18. The van der Waals surface area contributed by atoms with E-state index in [-0.39, 0.29) is 12.0 Å². The highest BCUT2D eigenvalue weighted by molar-refractivity contribution is 7.20.